The van der Waals surface area contributed by atoms with Crippen molar-refractivity contribution < 1.29 is 4.79 Å². The summed E-state index contributed by atoms with van der Waals surface area (Å²) in [4.78, 5) is 13.7. The Bertz CT molecular complexity index is 245. The van der Waals surface area contributed by atoms with Crippen LogP contribution in [0.3, 0.4) is 0 Å². The fraction of sp³-hybridized carbons (Fsp3) is 0.923. The monoisotopic (exact) mass is 241 g/mol. The first-order chi connectivity index (χ1) is 8.13. The highest BCUT2D eigenvalue weighted by Crippen LogP contribution is 2.18. The first-order valence-corrected chi connectivity index (χ1v) is 6.85. The van der Waals surface area contributed by atoms with Gasteiger partial charge in [0.1, 0.15) is 0 Å². The van der Waals surface area contributed by atoms with E-state index >= 15 is 0 Å². The summed E-state index contributed by atoms with van der Waals surface area (Å²) in [7, 11) is 2.02. The Morgan fingerprint density at radius 3 is 2.65 bits per heavy atom. The molecule has 4 nitrogen and oxygen atoms in total. The molecular weight excluding hydrogens is 214 g/mol. The predicted molar refractivity (Wildman–Crippen MR) is 71.1 cm³/mol. The van der Waals surface area contributed by atoms with Gasteiger partial charge in [-0.3, -0.25) is 0 Å². The first kappa shape index (κ1) is 14.3. The molecular formula is C13H27N3O. The van der Waals surface area contributed by atoms with Gasteiger partial charge < -0.3 is 15.5 Å². The quantitative estimate of drug-likeness (QED) is 0.714. The number of nitrogens with zero attached hydrogens (tertiary/aromatic N) is 1. The van der Waals surface area contributed by atoms with Gasteiger partial charge in [0.2, 0.25) is 0 Å². The van der Waals surface area contributed by atoms with Gasteiger partial charge in [-0.15, -0.1) is 0 Å². The maximum atomic E-state index is 11.7. The molecule has 1 saturated heterocycles. The van der Waals surface area contributed by atoms with Crippen LogP contribution in [0.4, 0.5) is 4.79 Å². The Labute approximate surface area is 105 Å². The van der Waals surface area contributed by atoms with Crippen molar-refractivity contribution in [2.75, 3.05) is 20.1 Å². The van der Waals surface area contributed by atoms with Gasteiger partial charge >= 0.3 is 6.03 Å². The van der Waals surface area contributed by atoms with E-state index in [2.05, 4.69) is 31.4 Å². The summed E-state index contributed by atoms with van der Waals surface area (Å²) in [6.07, 6.45) is 3.48. The molecule has 0 aliphatic carbocycles. The van der Waals surface area contributed by atoms with E-state index in [0.29, 0.717) is 18.0 Å². The smallest absolute Gasteiger partial charge is 0.317 e. The standard InChI is InChI=1S/C13H27N3O/c1-5-7-12(14-4)11(6-2)9-16-10(3)8-15-13(16)17/h10-12,14H,5-9H2,1-4H3,(H,15,17). The zero-order valence-corrected chi connectivity index (χ0v) is 11.6. The molecule has 0 saturated carbocycles. The normalized spacial score (nSPS) is 23.6. The fourth-order valence-electron chi connectivity index (χ4n) is 2.63. The number of urea groups is 1. The van der Waals surface area contributed by atoms with Gasteiger partial charge in [-0.1, -0.05) is 26.7 Å². The lowest BCUT2D eigenvalue weighted by Crippen LogP contribution is -2.43. The second kappa shape index (κ2) is 6.84. The van der Waals surface area contributed by atoms with Crippen molar-refractivity contribution in [1.29, 1.82) is 0 Å². The van der Waals surface area contributed by atoms with E-state index in [-0.39, 0.29) is 6.03 Å². The molecule has 3 atom stereocenters. The molecule has 3 unspecified atom stereocenters. The number of amides is 2. The SMILES string of the molecule is CCCC(NC)C(CC)CN1C(=O)NCC1C. The lowest BCUT2D eigenvalue weighted by atomic mass is 9.92. The molecule has 1 heterocycles. The maximum Gasteiger partial charge on any atom is 0.317 e. The zero-order valence-electron chi connectivity index (χ0n) is 11.6. The number of carbonyl (C=O) groups is 1. The highest BCUT2D eigenvalue weighted by atomic mass is 16.2. The Balaban J connectivity index is 2.58. The van der Waals surface area contributed by atoms with Crippen molar-refractivity contribution in [3.8, 4) is 0 Å². The van der Waals surface area contributed by atoms with E-state index in [9.17, 15) is 4.79 Å². The molecule has 0 aromatic rings. The Morgan fingerprint density at radius 1 is 1.53 bits per heavy atom. The van der Waals surface area contributed by atoms with Gasteiger partial charge in [-0.2, -0.15) is 0 Å². The lowest BCUT2D eigenvalue weighted by Gasteiger charge is -2.31. The number of carbonyl (C=O) groups excluding carboxylic acids is 1. The van der Waals surface area contributed by atoms with Crippen molar-refractivity contribution in [3.05, 3.63) is 0 Å². The molecule has 0 aromatic heterocycles. The van der Waals surface area contributed by atoms with Crippen LogP contribution >= 0.6 is 0 Å². The third-order valence-electron chi connectivity index (χ3n) is 3.84. The summed E-state index contributed by atoms with van der Waals surface area (Å²) in [6, 6.07) is 0.948. The van der Waals surface area contributed by atoms with Crippen LogP contribution < -0.4 is 10.6 Å². The second-order valence-electron chi connectivity index (χ2n) is 5.04. The molecule has 2 N–H and O–H groups in total. The van der Waals surface area contributed by atoms with Gasteiger partial charge in [0, 0.05) is 25.2 Å². The molecule has 4 heteroatoms. The molecule has 100 valence electrons. The van der Waals surface area contributed by atoms with Crippen molar-refractivity contribution >= 4 is 6.03 Å². The molecule has 1 aliphatic rings. The van der Waals surface area contributed by atoms with Crippen LogP contribution in [-0.2, 0) is 0 Å². The van der Waals surface area contributed by atoms with Crippen LogP contribution in [0, 0.1) is 5.92 Å². The predicted octanol–water partition coefficient (Wildman–Crippen LogP) is 1.81. The summed E-state index contributed by atoms with van der Waals surface area (Å²) in [5, 5.41) is 6.30. The summed E-state index contributed by atoms with van der Waals surface area (Å²) in [6.45, 7) is 8.19. The van der Waals surface area contributed by atoms with Crippen LogP contribution in [0.1, 0.15) is 40.0 Å². The number of hydrogen-bond donors (Lipinski definition) is 2. The molecule has 0 spiro atoms. The maximum absolute atomic E-state index is 11.7. The average molecular weight is 241 g/mol. The van der Waals surface area contributed by atoms with Crippen LogP contribution in [0.25, 0.3) is 0 Å². The van der Waals surface area contributed by atoms with E-state index in [0.717, 1.165) is 19.5 Å². The highest BCUT2D eigenvalue weighted by Gasteiger charge is 2.30. The largest absolute Gasteiger partial charge is 0.336 e. The zero-order chi connectivity index (χ0) is 12.8. The molecule has 2 amide bonds. The first-order valence-electron chi connectivity index (χ1n) is 6.85. The lowest BCUT2D eigenvalue weighted by molar-refractivity contribution is 0.181. The third kappa shape index (κ3) is 3.60. The Hall–Kier alpha value is -0.770. The van der Waals surface area contributed by atoms with E-state index in [1.807, 2.05) is 11.9 Å². The molecule has 17 heavy (non-hydrogen) atoms. The number of rotatable bonds is 7. The van der Waals surface area contributed by atoms with Crippen LogP contribution in [0.2, 0.25) is 0 Å². The fourth-order valence-corrected chi connectivity index (χ4v) is 2.63. The van der Waals surface area contributed by atoms with Gasteiger partial charge in [0.05, 0.1) is 0 Å². The number of nitrogens with one attached hydrogen (secondary N) is 2. The van der Waals surface area contributed by atoms with E-state index < -0.39 is 0 Å². The second-order valence-corrected chi connectivity index (χ2v) is 5.04. The van der Waals surface area contributed by atoms with Gasteiger partial charge in [0.25, 0.3) is 0 Å². The minimum absolute atomic E-state index is 0.0994. The minimum Gasteiger partial charge on any atom is -0.336 e. The van der Waals surface area contributed by atoms with E-state index in [1.165, 1.54) is 12.8 Å². The topological polar surface area (TPSA) is 44.4 Å². The van der Waals surface area contributed by atoms with Crippen molar-refractivity contribution in [2.24, 2.45) is 5.92 Å². The molecule has 0 bridgehead atoms. The molecule has 0 radical (unpaired) electrons. The number of hydrogen-bond acceptors (Lipinski definition) is 2. The van der Waals surface area contributed by atoms with Gasteiger partial charge in [-0.05, 0) is 26.3 Å². The third-order valence-corrected chi connectivity index (χ3v) is 3.84. The molecule has 1 rings (SSSR count). The molecule has 1 fully saturated rings. The van der Waals surface area contributed by atoms with Crippen molar-refractivity contribution in [1.82, 2.24) is 15.5 Å². The van der Waals surface area contributed by atoms with E-state index in [1.54, 1.807) is 0 Å². The van der Waals surface area contributed by atoms with Crippen molar-refractivity contribution in [2.45, 2.75) is 52.1 Å². The summed E-state index contributed by atoms with van der Waals surface area (Å²) >= 11 is 0. The summed E-state index contributed by atoms with van der Waals surface area (Å²) < 4.78 is 0. The van der Waals surface area contributed by atoms with Crippen molar-refractivity contribution in [3.63, 3.8) is 0 Å². The van der Waals surface area contributed by atoms with Crippen LogP contribution in [-0.4, -0.2) is 43.2 Å². The average Bonchev–Trinajstić information content (AvgIpc) is 2.64. The Kier molecular flexibility index (Phi) is 5.75. The molecule has 1 aliphatic heterocycles. The van der Waals surface area contributed by atoms with Crippen LogP contribution in [0.5, 0.6) is 0 Å². The van der Waals surface area contributed by atoms with E-state index in [4.69, 9.17) is 0 Å². The minimum atomic E-state index is 0.0994. The summed E-state index contributed by atoms with van der Waals surface area (Å²) in [5.41, 5.74) is 0. The highest BCUT2D eigenvalue weighted by molar-refractivity contribution is 5.76. The van der Waals surface area contributed by atoms with Gasteiger partial charge in [0.15, 0.2) is 0 Å². The van der Waals surface area contributed by atoms with Crippen LogP contribution in [0.15, 0.2) is 0 Å². The Morgan fingerprint density at radius 2 is 2.24 bits per heavy atom. The molecule has 0 aromatic carbocycles. The van der Waals surface area contributed by atoms with Gasteiger partial charge in [-0.25, -0.2) is 4.79 Å². The summed E-state index contributed by atoms with van der Waals surface area (Å²) in [5.74, 6) is 0.547.